The Labute approximate surface area is 181 Å². The Bertz CT molecular complexity index is 1230. The molecule has 1 amide bonds. The van der Waals surface area contributed by atoms with Gasteiger partial charge in [0.05, 0.1) is 17.2 Å². The lowest BCUT2D eigenvalue weighted by atomic mass is 10.2. The summed E-state index contributed by atoms with van der Waals surface area (Å²) in [5, 5.41) is 4.11. The van der Waals surface area contributed by atoms with Crippen LogP contribution in [0.2, 0.25) is 0 Å². The van der Waals surface area contributed by atoms with Crippen molar-refractivity contribution in [1.82, 2.24) is 15.0 Å². The number of imidazole rings is 1. The first kappa shape index (κ1) is 20.3. The number of benzene rings is 3. The molecule has 0 saturated carbocycles. The van der Waals surface area contributed by atoms with Crippen molar-refractivity contribution in [3.05, 3.63) is 89.7 Å². The number of aromatic nitrogens is 2. The molecule has 0 aliphatic heterocycles. The van der Waals surface area contributed by atoms with Crippen molar-refractivity contribution in [2.75, 3.05) is 11.9 Å². The summed E-state index contributed by atoms with van der Waals surface area (Å²) in [6.45, 7) is 4.89. The van der Waals surface area contributed by atoms with Gasteiger partial charge in [-0.15, -0.1) is 0 Å². The molecule has 1 N–H and O–H groups in total. The molecule has 1 aromatic heterocycles. The number of carbonyl (C=O) groups excluding carboxylic acids is 1. The third-order valence-corrected chi connectivity index (χ3v) is 5.32. The van der Waals surface area contributed by atoms with E-state index in [2.05, 4.69) is 44.0 Å². The van der Waals surface area contributed by atoms with Gasteiger partial charge in [0.25, 0.3) is 5.91 Å². The summed E-state index contributed by atoms with van der Waals surface area (Å²) in [6.07, 6.45) is 1.64. The summed E-state index contributed by atoms with van der Waals surface area (Å²) in [4.78, 5) is 19.1. The van der Waals surface area contributed by atoms with Crippen molar-refractivity contribution in [1.29, 1.82) is 0 Å². The third kappa shape index (κ3) is 4.33. The third-order valence-electron chi connectivity index (χ3n) is 5.32. The van der Waals surface area contributed by atoms with Crippen LogP contribution in [0, 0.1) is 6.92 Å². The second-order valence-electron chi connectivity index (χ2n) is 7.29. The van der Waals surface area contributed by atoms with Gasteiger partial charge in [-0.1, -0.05) is 30.3 Å². The van der Waals surface area contributed by atoms with Crippen molar-refractivity contribution < 1.29 is 4.79 Å². The fraction of sp³-hybridized carbons (Fsp3) is 0.160. The van der Waals surface area contributed by atoms with E-state index in [0.717, 1.165) is 40.3 Å². The van der Waals surface area contributed by atoms with Crippen LogP contribution in [0.5, 0.6) is 0 Å². The lowest BCUT2D eigenvalue weighted by Crippen LogP contribution is -2.17. The molecule has 0 aliphatic carbocycles. The molecule has 156 valence electrons. The Balaban J connectivity index is 1.41. The zero-order chi connectivity index (χ0) is 21.8. The van der Waals surface area contributed by atoms with Gasteiger partial charge in [-0.3, -0.25) is 4.79 Å². The number of nitrogens with zero attached hydrogens (tertiary/aromatic N) is 4. The van der Waals surface area contributed by atoms with E-state index in [1.54, 1.807) is 18.3 Å². The number of aryl methyl sites for hydroxylation is 2. The number of hydrogen-bond acceptors (Lipinski definition) is 4. The van der Waals surface area contributed by atoms with Gasteiger partial charge in [0.2, 0.25) is 0 Å². The lowest BCUT2D eigenvalue weighted by molar-refractivity contribution is 0.0955. The highest BCUT2D eigenvalue weighted by atomic mass is 16.2. The molecule has 4 aromatic rings. The molecule has 0 unspecified atom stereocenters. The van der Waals surface area contributed by atoms with E-state index in [4.69, 9.17) is 0 Å². The van der Waals surface area contributed by atoms with Gasteiger partial charge in [-0.25, -0.2) is 10.4 Å². The standard InChI is InChI=1S/C25H25N5O/c1-4-30-18(2)27-23-16-20(12-15-24(23)30)25(31)28-26-17-19-10-13-22(14-11-19)29(3)21-8-6-5-7-9-21/h5-17H,4H2,1-3H3,(H,28,31). The maximum Gasteiger partial charge on any atom is 0.271 e. The smallest absolute Gasteiger partial charge is 0.271 e. The highest BCUT2D eigenvalue weighted by Gasteiger charge is 2.10. The number of nitrogens with one attached hydrogen (secondary N) is 1. The van der Waals surface area contributed by atoms with Crippen molar-refractivity contribution in [2.24, 2.45) is 5.10 Å². The zero-order valence-corrected chi connectivity index (χ0v) is 17.9. The number of fused-ring (bicyclic) bond motifs is 1. The van der Waals surface area contributed by atoms with Gasteiger partial charge in [0.15, 0.2) is 0 Å². The second kappa shape index (κ2) is 8.83. The zero-order valence-electron chi connectivity index (χ0n) is 17.9. The SMILES string of the molecule is CCn1c(C)nc2cc(C(=O)NN=Cc3ccc(N(C)c4ccccc4)cc3)ccc21. The minimum absolute atomic E-state index is 0.262. The van der Waals surface area contributed by atoms with Gasteiger partial charge < -0.3 is 9.47 Å². The van der Waals surface area contributed by atoms with E-state index >= 15 is 0 Å². The topological polar surface area (TPSA) is 62.5 Å². The Kier molecular flexibility index (Phi) is 5.80. The highest BCUT2D eigenvalue weighted by Crippen LogP contribution is 2.23. The van der Waals surface area contributed by atoms with Crippen molar-refractivity contribution in [3.8, 4) is 0 Å². The fourth-order valence-corrected chi connectivity index (χ4v) is 3.61. The van der Waals surface area contributed by atoms with Crippen molar-refractivity contribution in [2.45, 2.75) is 20.4 Å². The van der Waals surface area contributed by atoms with Gasteiger partial charge in [0.1, 0.15) is 5.82 Å². The van der Waals surface area contributed by atoms with Gasteiger partial charge >= 0.3 is 0 Å². The number of carbonyl (C=O) groups is 1. The summed E-state index contributed by atoms with van der Waals surface area (Å²) < 4.78 is 2.12. The molecule has 3 aromatic carbocycles. The number of amides is 1. The summed E-state index contributed by atoms with van der Waals surface area (Å²) in [7, 11) is 2.03. The number of hydrazone groups is 1. The van der Waals surface area contributed by atoms with Crippen LogP contribution in [-0.2, 0) is 6.54 Å². The number of para-hydroxylation sites is 1. The molecule has 0 radical (unpaired) electrons. The first-order valence-electron chi connectivity index (χ1n) is 10.3. The summed E-state index contributed by atoms with van der Waals surface area (Å²) in [5.41, 5.74) is 8.06. The minimum Gasteiger partial charge on any atom is -0.345 e. The molecule has 6 nitrogen and oxygen atoms in total. The monoisotopic (exact) mass is 411 g/mol. The Morgan fingerprint density at radius 3 is 2.48 bits per heavy atom. The molecular weight excluding hydrogens is 386 g/mol. The molecule has 0 atom stereocenters. The quantitative estimate of drug-likeness (QED) is 0.363. The predicted octanol–water partition coefficient (Wildman–Crippen LogP) is 4.90. The average Bonchev–Trinajstić information content (AvgIpc) is 3.13. The largest absolute Gasteiger partial charge is 0.345 e. The molecule has 0 bridgehead atoms. The predicted molar refractivity (Wildman–Crippen MR) is 126 cm³/mol. The lowest BCUT2D eigenvalue weighted by Gasteiger charge is -2.19. The van der Waals surface area contributed by atoms with Crippen LogP contribution in [0.15, 0.2) is 77.9 Å². The van der Waals surface area contributed by atoms with Crippen LogP contribution in [0.4, 0.5) is 11.4 Å². The molecule has 0 fully saturated rings. The molecule has 4 rings (SSSR count). The number of rotatable bonds is 6. The van der Waals surface area contributed by atoms with Gasteiger partial charge in [0, 0.05) is 30.5 Å². The first-order valence-corrected chi connectivity index (χ1v) is 10.3. The average molecular weight is 412 g/mol. The Morgan fingerprint density at radius 2 is 1.77 bits per heavy atom. The van der Waals surface area contributed by atoms with E-state index in [9.17, 15) is 4.79 Å². The fourth-order valence-electron chi connectivity index (χ4n) is 3.61. The van der Waals surface area contributed by atoms with Crippen molar-refractivity contribution in [3.63, 3.8) is 0 Å². The molecule has 1 heterocycles. The van der Waals surface area contributed by atoms with Crippen molar-refractivity contribution >= 4 is 34.5 Å². The summed E-state index contributed by atoms with van der Waals surface area (Å²) in [6, 6.07) is 23.7. The maximum atomic E-state index is 12.5. The molecule has 31 heavy (non-hydrogen) atoms. The molecule has 0 saturated heterocycles. The molecule has 0 aliphatic rings. The van der Waals surface area contributed by atoms with Gasteiger partial charge in [-0.05, 0) is 61.9 Å². The molecule has 0 spiro atoms. The molecule has 6 heteroatoms. The van der Waals surface area contributed by atoms with Crippen LogP contribution in [0.1, 0.15) is 28.7 Å². The van der Waals surface area contributed by atoms with Gasteiger partial charge in [-0.2, -0.15) is 5.10 Å². The highest BCUT2D eigenvalue weighted by molar-refractivity contribution is 5.98. The normalized spacial score (nSPS) is 11.2. The Morgan fingerprint density at radius 1 is 1.06 bits per heavy atom. The Hall–Kier alpha value is -3.93. The van der Waals surface area contributed by atoms with Crippen LogP contribution in [0.3, 0.4) is 0 Å². The van der Waals surface area contributed by atoms with Crippen LogP contribution in [0.25, 0.3) is 11.0 Å². The van der Waals surface area contributed by atoms with Crippen LogP contribution < -0.4 is 10.3 Å². The van der Waals surface area contributed by atoms with Crippen LogP contribution in [-0.4, -0.2) is 28.7 Å². The van der Waals surface area contributed by atoms with E-state index in [1.807, 2.05) is 62.5 Å². The molecular formula is C25H25N5O. The van der Waals surface area contributed by atoms with E-state index < -0.39 is 0 Å². The minimum atomic E-state index is -0.262. The summed E-state index contributed by atoms with van der Waals surface area (Å²) in [5.74, 6) is 0.678. The van der Waals surface area contributed by atoms with E-state index in [-0.39, 0.29) is 5.91 Å². The first-order chi connectivity index (χ1) is 15.1. The van der Waals surface area contributed by atoms with E-state index in [1.165, 1.54) is 0 Å². The second-order valence-corrected chi connectivity index (χ2v) is 7.29. The maximum absolute atomic E-state index is 12.5. The van der Waals surface area contributed by atoms with E-state index in [0.29, 0.717) is 5.56 Å². The van der Waals surface area contributed by atoms with Crippen LogP contribution >= 0.6 is 0 Å². The summed E-state index contributed by atoms with van der Waals surface area (Å²) >= 11 is 0. The number of anilines is 2. The number of hydrogen-bond donors (Lipinski definition) is 1.